The molecule has 1 amide bonds. The molecule has 0 spiro atoms. The van der Waals surface area contributed by atoms with E-state index in [-0.39, 0.29) is 24.1 Å². The first-order valence-corrected chi connectivity index (χ1v) is 13.5. The van der Waals surface area contributed by atoms with E-state index in [1.165, 1.54) is 15.9 Å². The topological polar surface area (TPSA) is 66.5 Å². The smallest absolute Gasteiger partial charge is 0.224 e. The van der Waals surface area contributed by atoms with Gasteiger partial charge in [-0.3, -0.25) is 4.79 Å². The third-order valence-corrected chi connectivity index (χ3v) is 8.59. The molecule has 0 radical (unpaired) electrons. The quantitative estimate of drug-likeness (QED) is 0.419. The van der Waals surface area contributed by atoms with Crippen molar-refractivity contribution in [3.8, 4) is 0 Å². The van der Waals surface area contributed by atoms with Crippen molar-refractivity contribution in [2.45, 2.75) is 30.4 Å². The highest BCUT2D eigenvalue weighted by Crippen LogP contribution is 2.26. The number of amides is 1. The second kappa shape index (κ2) is 11.1. The van der Waals surface area contributed by atoms with Crippen molar-refractivity contribution in [2.75, 3.05) is 25.4 Å². The van der Waals surface area contributed by atoms with Crippen molar-refractivity contribution < 1.29 is 13.2 Å². The van der Waals surface area contributed by atoms with Crippen LogP contribution < -0.4 is 5.32 Å². The van der Waals surface area contributed by atoms with Gasteiger partial charge in [-0.05, 0) is 49.6 Å². The normalized spacial score (nSPS) is 17.5. The maximum atomic E-state index is 12.9. The Labute approximate surface area is 198 Å². The summed E-state index contributed by atoms with van der Waals surface area (Å²) >= 11 is 13.7. The zero-order valence-electron chi connectivity index (χ0n) is 17.3. The first-order chi connectivity index (χ1) is 14.7. The molecule has 9 heteroatoms. The lowest BCUT2D eigenvalue weighted by molar-refractivity contribution is -0.125. The predicted octanol–water partition coefficient (Wildman–Crippen LogP) is 4.75. The zero-order valence-corrected chi connectivity index (χ0v) is 20.5. The monoisotopic (exact) mass is 500 g/mol. The van der Waals surface area contributed by atoms with Crippen molar-refractivity contribution in [1.29, 1.82) is 0 Å². The van der Waals surface area contributed by atoms with Gasteiger partial charge in [0.25, 0.3) is 0 Å². The lowest BCUT2D eigenvalue weighted by Crippen LogP contribution is -2.46. The fourth-order valence-corrected chi connectivity index (χ4v) is 6.42. The Kier molecular flexibility index (Phi) is 8.70. The van der Waals surface area contributed by atoms with Crippen LogP contribution in [0.1, 0.15) is 24.0 Å². The van der Waals surface area contributed by atoms with Crippen LogP contribution in [0.3, 0.4) is 0 Å². The molecular formula is C22H26Cl2N2O3S2. The average molecular weight is 502 g/mol. The largest absolute Gasteiger partial charge is 0.355 e. The number of carbonyl (C=O) groups is 1. The summed E-state index contributed by atoms with van der Waals surface area (Å²) in [6.07, 6.45) is 1.34. The number of nitrogens with one attached hydrogen (secondary N) is 1. The van der Waals surface area contributed by atoms with Gasteiger partial charge in [0, 0.05) is 40.3 Å². The third kappa shape index (κ3) is 7.12. The number of rotatable bonds is 8. The van der Waals surface area contributed by atoms with Gasteiger partial charge >= 0.3 is 0 Å². The first-order valence-electron chi connectivity index (χ1n) is 10.1. The number of benzene rings is 2. The molecular weight excluding hydrogens is 475 g/mol. The van der Waals surface area contributed by atoms with Gasteiger partial charge in [0.05, 0.1) is 11.7 Å². The van der Waals surface area contributed by atoms with E-state index in [0.29, 0.717) is 41.5 Å². The highest BCUT2D eigenvalue weighted by atomic mass is 35.5. The minimum Gasteiger partial charge on any atom is -0.355 e. The molecule has 1 N–H and O–H groups in total. The molecule has 0 aliphatic carbocycles. The maximum absolute atomic E-state index is 12.9. The van der Waals surface area contributed by atoms with Gasteiger partial charge in [-0.1, -0.05) is 47.0 Å². The van der Waals surface area contributed by atoms with E-state index in [1.807, 2.05) is 6.92 Å². The number of nitrogens with zero attached hydrogens (tertiary/aromatic N) is 1. The number of halogens is 2. The van der Waals surface area contributed by atoms with Crippen LogP contribution in [0.4, 0.5) is 0 Å². The van der Waals surface area contributed by atoms with Gasteiger partial charge in [0.15, 0.2) is 0 Å². The van der Waals surface area contributed by atoms with Gasteiger partial charge in [-0.2, -0.15) is 0 Å². The molecule has 1 fully saturated rings. The van der Waals surface area contributed by atoms with Crippen LogP contribution in [0.2, 0.25) is 10.0 Å². The molecule has 1 saturated heterocycles. The van der Waals surface area contributed by atoms with E-state index in [4.69, 9.17) is 23.2 Å². The molecule has 31 heavy (non-hydrogen) atoms. The summed E-state index contributed by atoms with van der Waals surface area (Å²) in [5.74, 6) is 0.130. The van der Waals surface area contributed by atoms with E-state index < -0.39 is 10.0 Å². The third-order valence-electron chi connectivity index (χ3n) is 5.19. The minimum atomic E-state index is -3.58. The second-order valence-corrected chi connectivity index (χ2v) is 11.6. The summed E-state index contributed by atoms with van der Waals surface area (Å²) in [6, 6.07) is 13.1. The van der Waals surface area contributed by atoms with Crippen molar-refractivity contribution in [3.05, 3.63) is 63.6 Å². The number of sulfonamides is 1. The van der Waals surface area contributed by atoms with E-state index in [1.54, 1.807) is 23.9 Å². The fourth-order valence-electron chi connectivity index (χ4n) is 3.46. The summed E-state index contributed by atoms with van der Waals surface area (Å²) in [4.78, 5) is 13.8. The summed E-state index contributed by atoms with van der Waals surface area (Å²) in [5.41, 5.74) is 1.72. The molecule has 0 saturated carbocycles. The van der Waals surface area contributed by atoms with Gasteiger partial charge in [-0.15, -0.1) is 11.8 Å². The molecule has 0 aromatic heterocycles. The molecule has 0 bridgehead atoms. The van der Waals surface area contributed by atoms with Gasteiger partial charge in [0.2, 0.25) is 15.9 Å². The fraction of sp³-hybridized carbons (Fsp3) is 0.409. The summed E-state index contributed by atoms with van der Waals surface area (Å²) in [6.45, 7) is 3.21. The van der Waals surface area contributed by atoms with Crippen LogP contribution in [0.5, 0.6) is 0 Å². The molecule has 168 valence electrons. The van der Waals surface area contributed by atoms with E-state index in [9.17, 15) is 13.2 Å². The Morgan fingerprint density at radius 1 is 1.19 bits per heavy atom. The van der Waals surface area contributed by atoms with E-state index >= 15 is 0 Å². The summed E-state index contributed by atoms with van der Waals surface area (Å²) < 4.78 is 27.2. The van der Waals surface area contributed by atoms with Crippen molar-refractivity contribution >= 4 is 50.9 Å². The average Bonchev–Trinajstić information content (AvgIpc) is 2.74. The van der Waals surface area contributed by atoms with E-state index in [0.717, 1.165) is 10.6 Å². The van der Waals surface area contributed by atoms with Crippen LogP contribution in [-0.4, -0.2) is 44.0 Å². The number of carbonyl (C=O) groups excluding carboxylic acids is 1. The standard InChI is InChI=1S/C22H26Cl2N2O3S2/c1-16-4-8-20(9-5-16)30-12-10-25-22(27)17-3-2-11-26(14-17)31(28,29)15-18-6-7-19(23)13-21(18)24/h4-9,13,17H,2-3,10-12,14-15H2,1H3,(H,25,27)/t17-/m0/s1. The highest BCUT2D eigenvalue weighted by molar-refractivity contribution is 7.99. The number of hydrogen-bond acceptors (Lipinski definition) is 4. The van der Waals surface area contributed by atoms with Crippen molar-refractivity contribution in [2.24, 2.45) is 5.92 Å². The number of aryl methyl sites for hydroxylation is 1. The van der Waals surface area contributed by atoms with Gasteiger partial charge in [-0.25, -0.2) is 12.7 Å². The Morgan fingerprint density at radius 3 is 2.65 bits per heavy atom. The molecule has 5 nitrogen and oxygen atoms in total. The van der Waals surface area contributed by atoms with Crippen LogP contribution in [0.25, 0.3) is 0 Å². The molecule has 1 aliphatic heterocycles. The van der Waals surface area contributed by atoms with Gasteiger partial charge in [0.1, 0.15) is 0 Å². The second-order valence-electron chi connectivity index (χ2n) is 7.64. The van der Waals surface area contributed by atoms with Gasteiger partial charge < -0.3 is 5.32 Å². The Morgan fingerprint density at radius 2 is 1.94 bits per heavy atom. The Hall–Kier alpha value is -1.25. The number of thioether (sulfide) groups is 1. The zero-order chi connectivity index (χ0) is 22.4. The number of hydrogen-bond donors (Lipinski definition) is 1. The molecule has 0 unspecified atom stereocenters. The molecule has 1 aliphatic rings. The van der Waals surface area contributed by atoms with Crippen LogP contribution >= 0.6 is 35.0 Å². The maximum Gasteiger partial charge on any atom is 0.224 e. The predicted molar refractivity (Wildman–Crippen MR) is 128 cm³/mol. The highest BCUT2D eigenvalue weighted by Gasteiger charge is 2.32. The Balaban J connectivity index is 1.50. The first kappa shape index (κ1) is 24.4. The minimum absolute atomic E-state index is 0.0890. The SMILES string of the molecule is Cc1ccc(SCCNC(=O)[C@H]2CCCN(S(=O)(=O)Cc3ccc(Cl)cc3Cl)C2)cc1. The van der Waals surface area contributed by atoms with Crippen LogP contribution in [0.15, 0.2) is 47.4 Å². The van der Waals surface area contributed by atoms with Crippen LogP contribution in [0, 0.1) is 12.8 Å². The lowest BCUT2D eigenvalue weighted by atomic mass is 9.99. The summed E-state index contributed by atoms with van der Waals surface area (Å²) in [7, 11) is -3.58. The lowest BCUT2D eigenvalue weighted by Gasteiger charge is -2.31. The molecule has 2 aromatic carbocycles. The number of piperidine rings is 1. The molecule has 1 heterocycles. The van der Waals surface area contributed by atoms with Crippen molar-refractivity contribution in [3.63, 3.8) is 0 Å². The van der Waals surface area contributed by atoms with E-state index in [2.05, 4.69) is 29.6 Å². The molecule has 1 atom stereocenters. The van der Waals surface area contributed by atoms with Crippen LogP contribution in [-0.2, 0) is 20.6 Å². The Bertz CT molecular complexity index is 1010. The van der Waals surface area contributed by atoms with Crippen molar-refractivity contribution in [1.82, 2.24) is 9.62 Å². The summed E-state index contributed by atoms with van der Waals surface area (Å²) in [5, 5.41) is 3.74. The molecule has 3 rings (SSSR count). The molecule has 2 aromatic rings.